The lowest BCUT2D eigenvalue weighted by atomic mass is 9.75. The summed E-state index contributed by atoms with van der Waals surface area (Å²) in [5.74, 6) is 0.275. The number of hydrogen-bond acceptors (Lipinski definition) is 6. The number of amides is 2. The fraction of sp³-hybridized carbons (Fsp3) is 0.458. The quantitative estimate of drug-likeness (QED) is 0.595. The lowest BCUT2D eigenvalue weighted by molar-refractivity contribution is -0.136. The fourth-order valence-corrected chi connectivity index (χ4v) is 5.07. The second-order valence-electron chi connectivity index (χ2n) is 9.39. The molecule has 2 fully saturated rings. The molecule has 172 valence electrons. The third kappa shape index (κ3) is 3.71. The predicted molar refractivity (Wildman–Crippen MR) is 119 cm³/mol. The number of rotatable bonds is 5. The zero-order valence-electron chi connectivity index (χ0n) is 19.1. The van der Waals surface area contributed by atoms with Crippen LogP contribution in [0.2, 0.25) is 0 Å². The van der Waals surface area contributed by atoms with Crippen molar-refractivity contribution in [2.45, 2.75) is 45.7 Å². The zero-order valence-corrected chi connectivity index (χ0v) is 19.1. The Hall–Kier alpha value is -3.49. The highest BCUT2D eigenvalue weighted by Crippen LogP contribution is 2.50. The minimum atomic E-state index is -0.697. The monoisotopic (exact) mass is 448 g/mol. The van der Waals surface area contributed by atoms with Crippen LogP contribution in [0.4, 0.5) is 0 Å². The van der Waals surface area contributed by atoms with Crippen LogP contribution in [0.1, 0.15) is 59.7 Å². The Kier molecular flexibility index (Phi) is 5.26. The van der Waals surface area contributed by atoms with Crippen LogP contribution >= 0.6 is 0 Å². The molecule has 2 aliphatic heterocycles. The van der Waals surface area contributed by atoms with Crippen LogP contribution in [0.3, 0.4) is 0 Å². The van der Waals surface area contributed by atoms with E-state index in [1.54, 1.807) is 30.3 Å². The van der Waals surface area contributed by atoms with Crippen molar-refractivity contribution in [3.05, 3.63) is 65.8 Å². The summed E-state index contributed by atoms with van der Waals surface area (Å²) in [6.45, 7) is 7.90. The first kappa shape index (κ1) is 21.4. The molecule has 9 nitrogen and oxygen atoms in total. The van der Waals surface area contributed by atoms with E-state index < -0.39 is 5.41 Å². The summed E-state index contributed by atoms with van der Waals surface area (Å²) in [5.41, 5.74) is 1.47. The van der Waals surface area contributed by atoms with E-state index in [4.69, 9.17) is 4.52 Å². The first-order valence-electron chi connectivity index (χ1n) is 11.3. The molecule has 5 heterocycles. The van der Waals surface area contributed by atoms with Gasteiger partial charge in [0.25, 0.3) is 5.91 Å². The number of carbonyl (C=O) groups excluding carboxylic acids is 2. The molecule has 0 aromatic carbocycles. The van der Waals surface area contributed by atoms with Crippen molar-refractivity contribution in [2.24, 2.45) is 5.41 Å². The van der Waals surface area contributed by atoms with Crippen molar-refractivity contribution >= 4 is 11.8 Å². The highest BCUT2D eigenvalue weighted by atomic mass is 16.5. The van der Waals surface area contributed by atoms with E-state index >= 15 is 0 Å². The number of aromatic nitrogens is 4. The topological polar surface area (TPSA) is 97.4 Å². The highest BCUT2D eigenvalue weighted by Gasteiger charge is 2.58. The van der Waals surface area contributed by atoms with Gasteiger partial charge in [0.1, 0.15) is 5.76 Å². The predicted octanol–water partition coefficient (Wildman–Crippen LogP) is 2.81. The molecule has 0 radical (unpaired) electrons. The Morgan fingerprint density at radius 2 is 2.09 bits per heavy atom. The smallest absolute Gasteiger partial charge is 0.276 e. The minimum absolute atomic E-state index is 0.0787. The van der Waals surface area contributed by atoms with Crippen LogP contribution in [0.15, 0.2) is 47.6 Å². The molecule has 3 aromatic heterocycles. The van der Waals surface area contributed by atoms with Crippen molar-refractivity contribution < 1.29 is 14.1 Å². The van der Waals surface area contributed by atoms with Gasteiger partial charge in [-0.25, -0.2) is 4.98 Å². The van der Waals surface area contributed by atoms with Gasteiger partial charge in [-0.3, -0.25) is 14.6 Å². The van der Waals surface area contributed by atoms with Crippen LogP contribution in [0.5, 0.6) is 0 Å². The van der Waals surface area contributed by atoms with Crippen LogP contribution in [-0.2, 0) is 11.3 Å². The third-order valence-electron chi connectivity index (χ3n) is 6.92. The van der Waals surface area contributed by atoms with Gasteiger partial charge in [-0.05, 0) is 44.9 Å². The van der Waals surface area contributed by atoms with Gasteiger partial charge in [0.2, 0.25) is 5.91 Å². The van der Waals surface area contributed by atoms with Crippen molar-refractivity contribution in [2.75, 3.05) is 19.6 Å². The van der Waals surface area contributed by atoms with Crippen molar-refractivity contribution in [3.63, 3.8) is 0 Å². The van der Waals surface area contributed by atoms with Crippen LogP contribution in [-0.4, -0.2) is 60.9 Å². The highest BCUT2D eigenvalue weighted by molar-refractivity contribution is 5.94. The second-order valence-corrected chi connectivity index (χ2v) is 9.39. The van der Waals surface area contributed by atoms with E-state index in [0.29, 0.717) is 38.4 Å². The molecule has 1 spiro atoms. The van der Waals surface area contributed by atoms with E-state index in [2.05, 4.69) is 29.0 Å². The number of carbonyl (C=O) groups is 2. The molecule has 0 saturated carbocycles. The Bertz CT molecular complexity index is 1170. The Balaban J connectivity index is 1.47. The molecular weight excluding hydrogens is 420 g/mol. The third-order valence-corrected chi connectivity index (χ3v) is 6.92. The molecule has 0 unspecified atom stereocenters. The maximum absolute atomic E-state index is 13.9. The molecule has 33 heavy (non-hydrogen) atoms. The van der Waals surface area contributed by atoms with Gasteiger partial charge >= 0.3 is 0 Å². The molecule has 2 aliphatic rings. The van der Waals surface area contributed by atoms with Gasteiger partial charge in [0.15, 0.2) is 5.69 Å². The average Bonchev–Trinajstić information content (AvgIpc) is 3.58. The number of pyridine rings is 1. The van der Waals surface area contributed by atoms with Crippen LogP contribution < -0.4 is 0 Å². The van der Waals surface area contributed by atoms with Crippen molar-refractivity contribution in [1.82, 2.24) is 29.5 Å². The first-order chi connectivity index (χ1) is 15.9. The molecule has 3 aromatic rings. The molecule has 0 bridgehead atoms. The Labute approximate surface area is 192 Å². The normalized spacial score (nSPS) is 22.8. The molecule has 2 saturated heterocycles. The molecule has 9 heteroatoms. The number of aryl methyl sites for hydroxylation is 1. The number of nitrogens with zero attached hydrogens (tertiary/aromatic N) is 6. The summed E-state index contributed by atoms with van der Waals surface area (Å²) < 4.78 is 7.16. The zero-order chi connectivity index (χ0) is 23.2. The molecule has 0 N–H and O–H groups in total. The van der Waals surface area contributed by atoms with Gasteiger partial charge in [0, 0.05) is 62.8 Å². The second kappa shape index (κ2) is 8.13. The van der Waals surface area contributed by atoms with Crippen LogP contribution in [0.25, 0.3) is 0 Å². The number of imidazole rings is 1. The maximum atomic E-state index is 13.9. The summed E-state index contributed by atoms with van der Waals surface area (Å²) in [7, 11) is 0. The summed E-state index contributed by atoms with van der Waals surface area (Å²) in [4.78, 5) is 39.5. The van der Waals surface area contributed by atoms with Gasteiger partial charge in [-0.1, -0.05) is 5.16 Å². The lowest BCUT2D eigenvalue weighted by Gasteiger charge is -2.27. The summed E-state index contributed by atoms with van der Waals surface area (Å²) in [5, 5.41) is 3.90. The van der Waals surface area contributed by atoms with Crippen molar-refractivity contribution in [1.29, 1.82) is 0 Å². The molecule has 2 atom stereocenters. The first-order valence-corrected chi connectivity index (χ1v) is 11.3. The van der Waals surface area contributed by atoms with Crippen LogP contribution in [0, 0.1) is 12.3 Å². The van der Waals surface area contributed by atoms with E-state index in [1.807, 2.05) is 34.1 Å². The van der Waals surface area contributed by atoms with E-state index in [0.717, 1.165) is 11.3 Å². The van der Waals surface area contributed by atoms with E-state index in [9.17, 15) is 9.59 Å². The SMILES string of the molecule is Cc1cc(C(=O)N2C[C@H](c3cn(C(C)C)cn3)[C@@]3(CCN(Cc4ccncc4)C3=O)C2)no1. The molecule has 5 rings (SSSR count). The average molecular weight is 449 g/mol. The lowest BCUT2D eigenvalue weighted by Crippen LogP contribution is -2.40. The molecule has 0 aliphatic carbocycles. The van der Waals surface area contributed by atoms with Crippen molar-refractivity contribution in [3.8, 4) is 0 Å². The summed E-state index contributed by atoms with van der Waals surface area (Å²) >= 11 is 0. The van der Waals surface area contributed by atoms with Gasteiger partial charge in [-0.15, -0.1) is 0 Å². The Morgan fingerprint density at radius 1 is 1.30 bits per heavy atom. The maximum Gasteiger partial charge on any atom is 0.276 e. The van der Waals surface area contributed by atoms with Gasteiger partial charge in [0.05, 0.1) is 17.4 Å². The number of hydrogen-bond donors (Lipinski definition) is 0. The Morgan fingerprint density at radius 3 is 2.76 bits per heavy atom. The molecule has 2 amide bonds. The molecular formula is C24H28N6O3. The standard InChI is InChI=1S/C24H28N6O3/c1-16(2)30-13-21(26-15-30)19-12-29(22(31)20-10-17(3)33-27-20)14-24(19)6-9-28(23(24)32)11-18-4-7-25-8-5-18/h4-5,7-8,10,13,15-16,19H,6,9,11-12,14H2,1-3H3/t19-,24-/m1/s1. The summed E-state index contributed by atoms with van der Waals surface area (Å²) in [6, 6.07) is 5.76. The van der Waals surface area contributed by atoms with Gasteiger partial charge in [-0.2, -0.15) is 0 Å². The largest absolute Gasteiger partial charge is 0.361 e. The van der Waals surface area contributed by atoms with Gasteiger partial charge < -0.3 is 18.9 Å². The minimum Gasteiger partial charge on any atom is -0.361 e. The summed E-state index contributed by atoms with van der Waals surface area (Å²) in [6.07, 6.45) is 7.99. The van der Waals surface area contributed by atoms with E-state index in [-0.39, 0.29) is 29.5 Å². The van der Waals surface area contributed by atoms with E-state index in [1.165, 1.54) is 0 Å². The fourth-order valence-electron chi connectivity index (χ4n) is 5.07. The number of likely N-dealkylation sites (tertiary alicyclic amines) is 2.